The minimum atomic E-state index is -1.13. The number of anilines is 1. The van der Waals surface area contributed by atoms with Crippen LogP contribution in [0, 0.1) is 13.8 Å². The monoisotopic (exact) mass is 620 g/mol. The van der Waals surface area contributed by atoms with E-state index >= 15 is 0 Å². The molecule has 0 aliphatic heterocycles. The average Bonchev–Trinajstić information content (AvgIpc) is 3.06. The Morgan fingerprint density at radius 2 is 1.26 bits per heavy atom. The minimum absolute atomic E-state index is 0.102. The maximum Gasteiger partial charge on any atom is 0.328 e. The van der Waals surface area contributed by atoms with Crippen LogP contribution >= 0.6 is 0 Å². The van der Waals surface area contributed by atoms with Gasteiger partial charge >= 0.3 is 5.97 Å². The number of carbonyl (C=O) groups is 4. The number of aromatic nitrogens is 2. The highest BCUT2D eigenvalue weighted by atomic mass is 16.5. The van der Waals surface area contributed by atoms with Crippen molar-refractivity contribution < 1.29 is 23.9 Å². The first-order valence-electron chi connectivity index (χ1n) is 14.6. The Hall–Kier alpha value is -5.84. The molecule has 46 heavy (non-hydrogen) atoms. The lowest BCUT2D eigenvalue weighted by Gasteiger charge is -2.23. The third-order valence-electron chi connectivity index (χ3n) is 6.85. The number of hydrogen-bond acceptors (Lipinski definition) is 8. The molecule has 0 aliphatic carbocycles. The Morgan fingerprint density at radius 1 is 0.739 bits per heavy atom. The molecule has 0 unspecified atom stereocenters. The summed E-state index contributed by atoms with van der Waals surface area (Å²) in [7, 11) is 1.24. The molecule has 1 aromatic heterocycles. The van der Waals surface area contributed by atoms with Gasteiger partial charge in [-0.1, -0.05) is 78.9 Å². The zero-order valence-corrected chi connectivity index (χ0v) is 25.8. The molecule has 1 heterocycles. The summed E-state index contributed by atoms with van der Waals surface area (Å²) in [6.45, 7) is 3.61. The molecule has 0 fully saturated rings. The van der Waals surface area contributed by atoms with Crippen molar-refractivity contribution >= 4 is 29.6 Å². The van der Waals surface area contributed by atoms with E-state index in [0.717, 1.165) is 11.1 Å². The predicted octanol–water partition coefficient (Wildman–Crippen LogP) is 3.40. The van der Waals surface area contributed by atoms with E-state index in [-0.39, 0.29) is 24.5 Å². The summed E-state index contributed by atoms with van der Waals surface area (Å²) in [5.74, 6) is -2.31. The molecular weight excluding hydrogens is 584 g/mol. The van der Waals surface area contributed by atoms with Crippen molar-refractivity contribution in [2.75, 3.05) is 12.4 Å². The summed E-state index contributed by atoms with van der Waals surface area (Å²) in [5.41, 5.74) is 3.13. The zero-order chi connectivity index (χ0) is 32.9. The van der Waals surface area contributed by atoms with Crippen molar-refractivity contribution in [3.63, 3.8) is 0 Å². The first kappa shape index (κ1) is 33.1. The third-order valence-corrected chi connectivity index (χ3v) is 6.85. The second-order valence-corrected chi connectivity index (χ2v) is 10.5. The van der Waals surface area contributed by atoms with Crippen LogP contribution in [0.1, 0.15) is 32.9 Å². The Kier molecular flexibility index (Phi) is 11.7. The number of ether oxygens (including phenoxy) is 1. The van der Waals surface area contributed by atoms with Crippen LogP contribution < -0.4 is 21.3 Å². The number of carbonyl (C=O) groups excluding carboxylic acids is 4. The van der Waals surface area contributed by atoms with E-state index < -0.39 is 35.8 Å². The topological polar surface area (TPSA) is 151 Å². The van der Waals surface area contributed by atoms with Crippen molar-refractivity contribution in [2.45, 2.75) is 38.8 Å². The number of aryl methyl sites for hydroxylation is 2. The standard InChI is InChI=1S/C35H36N6O5/c1-23-19-24(2)38-35(37-23)36-22-30(41-31(42)27-17-11-6-12-18-27)33(44)39-28(20-25-13-7-4-8-14-25)32(43)40-29(34(45)46-3)21-26-15-9-5-10-16-26/h4-19,22,28-29H,20-21H2,1-3H3,(H,39,44)(H,40,43)(H,41,42)(H,36,37,38)/b30-22+/t28-,29-/m0/s1. The molecule has 3 aromatic carbocycles. The van der Waals surface area contributed by atoms with Crippen molar-refractivity contribution in [1.29, 1.82) is 0 Å². The molecule has 0 saturated heterocycles. The van der Waals surface area contributed by atoms with E-state index in [9.17, 15) is 19.2 Å². The van der Waals surface area contributed by atoms with Gasteiger partial charge in [0.05, 0.1) is 7.11 Å². The highest BCUT2D eigenvalue weighted by molar-refractivity contribution is 6.04. The number of amides is 3. The SMILES string of the molecule is COC(=O)[C@H](Cc1ccccc1)NC(=O)[C@H](Cc1ccccc1)NC(=O)/C(=C\Nc1nc(C)cc(C)n1)NC(=O)c1ccccc1. The molecule has 0 bridgehead atoms. The summed E-state index contributed by atoms with van der Waals surface area (Å²) in [6.07, 6.45) is 1.56. The Labute approximate surface area is 267 Å². The molecule has 0 spiro atoms. The Morgan fingerprint density at radius 3 is 1.80 bits per heavy atom. The molecule has 4 rings (SSSR count). The maximum absolute atomic E-state index is 13.8. The summed E-state index contributed by atoms with van der Waals surface area (Å²) >= 11 is 0. The third kappa shape index (κ3) is 9.84. The van der Waals surface area contributed by atoms with E-state index in [2.05, 4.69) is 31.2 Å². The summed E-state index contributed by atoms with van der Waals surface area (Å²) in [4.78, 5) is 62.0. The number of rotatable bonds is 13. The molecule has 0 radical (unpaired) electrons. The molecular formula is C35H36N6O5. The second kappa shape index (κ2) is 16.3. The summed E-state index contributed by atoms with van der Waals surface area (Å²) in [6, 6.07) is 26.3. The van der Waals surface area contributed by atoms with Gasteiger partial charge in [-0.2, -0.15) is 0 Å². The number of hydrogen-bond donors (Lipinski definition) is 4. The first-order chi connectivity index (χ1) is 22.2. The molecule has 4 aromatic rings. The van der Waals surface area contributed by atoms with Gasteiger partial charge in [-0.15, -0.1) is 0 Å². The highest BCUT2D eigenvalue weighted by Crippen LogP contribution is 2.10. The number of esters is 1. The zero-order valence-electron chi connectivity index (χ0n) is 25.8. The molecule has 0 aliphatic rings. The largest absolute Gasteiger partial charge is 0.467 e. The average molecular weight is 621 g/mol. The molecule has 4 N–H and O–H groups in total. The fourth-order valence-electron chi connectivity index (χ4n) is 4.62. The van der Waals surface area contributed by atoms with Gasteiger partial charge < -0.3 is 26.0 Å². The van der Waals surface area contributed by atoms with Crippen LogP contribution in [0.15, 0.2) is 109 Å². The van der Waals surface area contributed by atoms with Gasteiger partial charge in [-0.05, 0) is 43.2 Å². The molecule has 3 amide bonds. The van der Waals surface area contributed by atoms with Gasteiger partial charge in [0.25, 0.3) is 11.8 Å². The van der Waals surface area contributed by atoms with Crippen LogP contribution in [0.3, 0.4) is 0 Å². The van der Waals surface area contributed by atoms with Crippen molar-refractivity contribution in [1.82, 2.24) is 25.9 Å². The number of nitrogens with one attached hydrogen (secondary N) is 4. The Bertz CT molecular complexity index is 1660. The van der Waals surface area contributed by atoms with Gasteiger partial charge in [0.1, 0.15) is 17.8 Å². The van der Waals surface area contributed by atoms with E-state index in [1.54, 1.807) is 50.2 Å². The van der Waals surface area contributed by atoms with E-state index in [1.807, 2.05) is 60.7 Å². The van der Waals surface area contributed by atoms with E-state index in [0.29, 0.717) is 17.0 Å². The summed E-state index contributed by atoms with van der Waals surface area (Å²) < 4.78 is 4.96. The molecule has 236 valence electrons. The normalized spacial score (nSPS) is 12.3. The van der Waals surface area contributed by atoms with Crippen molar-refractivity contribution in [3.8, 4) is 0 Å². The van der Waals surface area contributed by atoms with Crippen molar-refractivity contribution in [3.05, 3.63) is 137 Å². The van der Waals surface area contributed by atoms with Gasteiger partial charge in [-0.3, -0.25) is 14.4 Å². The lowest BCUT2D eigenvalue weighted by atomic mass is 10.0. The fraction of sp³-hybridized carbons (Fsp3) is 0.200. The van der Waals surface area contributed by atoms with Gasteiger partial charge in [-0.25, -0.2) is 14.8 Å². The fourth-order valence-corrected chi connectivity index (χ4v) is 4.62. The highest BCUT2D eigenvalue weighted by Gasteiger charge is 2.29. The molecule has 0 saturated carbocycles. The molecule has 11 heteroatoms. The van der Waals surface area contributed by atoms with Gasteiger partial charge in [0.15, 0.2) is 0 Å². The number of nitrogens with zero attached hydrogens (tertiary/aromatic N) is 2. The van der Waals surface area contributed by atoms with Gasteiger partial charge in [0, 0.05) is 36.0 Å². The molecule has 2 atom stereocenters. The first-order valence-corrected chi connectivity index (χ1v) is 14.6. The van der Waals surface area contributed by atoms with Crippen molar-refractivity contribution in [2.24, 2.45) is 0 Å². The quantitative estimate of drug-likeness (QED) is 0.131. The number of methoxy groups -OCH3 is 1. The maximum atomic E-state index is 13.8. The van der Waals surface area contributed by atoms with Crippen LogP contribution in [0.5, 0.6) is 0 Å². The number of benzene rings is 3. The molecule has 11 nitrogen and oxygen atoms in total. The predicted molar refractivity (Wildman–Crippen MR) is 173 cm³/mol. The van der Waals surface area contributed by atoms with Gasteiger partial charge in [0.2, 0.25) is 11.9 Å². The van der Waals surface area contributed by atoms with Crippen LogP contribution in [0.4, 0.5) is 5.95 Å². The second-order valence-electron chi connectivity index (χ2n) is 10.5. The Balaban J connectivity index is 1.61. The van der Waals surface area contributed by atoms with Crippen LogP contribution in [0.25, 0.3) is 0 Å². The summed E-state index contributed by atoms with van der Waals surface area (Å²) in [5, 5.41) is 11.0. The lowest BCUT2D eigenvalue weighted by Crippen LogP contribution is -2.54. The minimum Gasteiger partial charge on any atom is -0.467 e. The van der Waals surface area contributed by atoms with Crippen LogP contribution in [-0.4, -0.2) is 52.9 Å². The van der Waals surface area contributed by atoms with Crippen LogP contribution in [-0.2, 0) is 32.0 Å². The van der Waals surface area contributed by atoms with Crippen LogP contribution in [0.2, 0.25) is 0 Å². The van der Waals surface area contributed by atoms with E-state index in [4.69, 9.17) is 4.74 Å². The lowest BCUT2D eigenvalue weighted by molar-refractivity contribution is -0.145. The van der Waals surface area contributed by atoms with E-state index in [1.165, 1.54) is 13.3 Å². The smallest absolute Gasteiger partial charge is 0.328 e.